The molecule has 0 radical (unpaired) electrons. The quantitative estimate of drug-likeness (QED) is 0.113. The molecule has 0 amide bonds. The van der Waals surface area contributed by atoms with Crippen molar-refractivity contribution in [1.29, 1.82) is 0 Å². The van der Waals surface area contributed by atoms with Crippen molar-refractivity contribution in [3.8, 4) is 0 Å². The van der Waals surface area contributed by atoms with Gasteiger partial charge in [-0.3, -0.25) is 0 Å². The number of halogens is 3. The van der Waals surface area contributed by atoms with Gasteiger partial charge in [-0.25, -0.2) is 19.9 Å². The first-order valence-electron chi connectivity index (χ1n) is 16.3. The van der Waals surface area contributed by atoms with E-state index in [1.807, 2.05) is 85.0 Å². The van der Waals surface area contributed by atoms with Crippen LogP contribution >= 0.6 is 30.3 Å². The zero-order valence-corrected chi connectivity index (χ0v) is 32.1. The van der Waals surface area contributed by atoms with Crippen molar-refractivity contribution in [2.24, 2.45) is 0 Å². The van der Waals surface area contributed by atoms with Crippen LogP contribution in [-0.2, 0) is 23.7 Å². The predicted molar refractivity (Wildman–Crippen MR) is 223 cm³/mol. The summed E-state index contributed by atoms with van der Waals surface area (Å²) in [4.78, 5) is 32.0. The molecule has 54 heavy (non-hydrogen) atoms. The Morgan fingerprint density at radius 3 is 0.704 bits per heavy atom. The molecule has 4 N–H and O–H groups in total. The maximum absolute atomic E-state index is 7.83. The van der Waals surface area contributed by atoms with Gasteiger partial charge in [0.05, 0.1) is 45.6 Å². The van der Waals surface area contributed by atoms with E-state index in [9.17, 15) is 0 Å². The summed E-state index contributed by atoms with van der Waals surface area (Å²) in [5.41, 5.74) is 15.7. The SMILES string of the molecule is C1=Cc2cc3ccc(cc4ccc(cc5nc(cc1n2)C=C5)[nH]4)[nH]3.C1=Cc2cc3ccc(cc4ccc(cc5nc(cc1n2)C=C5)[nH]4)[nH]3.O=S.[Cl][Fe]([Cl])[Cl]. The Morgan fingerprint density at radius 1 is 0.333 bits per heavy atom. The van der Waals surface area contributed by atoms with Crippen LogP contribution in [0.2, 0.25) is 0 Å². The molecule has 6 aromatic rings. The normalized spacial score (nSPS) is 12.2. The van der Waals surface area contributed by atoms with Crippen molar-refractivity contribution in [2.45, 2.75) is 0 Å². The fourth-order valence-electron chi connectivity index (χ4n) is 5.89. The van der Waals surface area contributed by atoms with Crippen molar-refractivity contribution in [3.63, 3.8) is 0 Å². The summed E-state index contributed by atoms with van der Waals surface area (Å²) < 4.78 is 7.83. The second kappa shape index (κ2) is 17.2. The van der Waals surface area contributed by atoms with Crippen LogP contribution in [0.4, 0.5) is 0 Å². The number of aromatic nitrogens is 8. The molecule has 0 saturated heterocycles. The van der Waals surface area contributed by atoms with Crippen LogP contribution in [0.25, 0.3) is 92.7 Å². The summed E-state index contributed by atoms with van der Waals surface area (Å²) in [6, 6.07) is 32.8. The molecule has 0 atom stereocenters. The zero-order valence-electron chi connectivity index (χ0n) is 27.9. The van der Waals surface area contributed by atoms with Crippen molar-refractivity contribution in [3.05, 3.63) is 143 Å². The monoisotopic (exact) mass is 829 g/mol. The van der Waals surface area contributed by atoms with Gasteiger partial charge in [-0.15, -0.1) is 0 Å². The average molecular weight is 831 g/mol. The molecule has 0 aliphatic carbocycles. The summed E-state index contributed by atoms with van der Waals surface area (Å²) in [5, 5.41) is 0. The summed E-state index contributed by atoms with van der Waals surface area (Å²) in [6.45, 7) is 0. The van der Waals surface area contributed by atoms with Gasteiger partial charge >= 0.3 is 41.5 Å². The van der Waals surface area contributed by atoms with E-state index in [0.717, 1.165) is 89.7 Å². The van der Waals surface area contributed by atoms with Gasteiger partial charge in [0.25, 0.3) is 0 Å². The van der Waals surface area contributed by atoms with Crippen LogP contribution in [0.3, 0.4) is 0 Å². The third-order valence-corrected chi connectivity index (χ3v) is 8.08. The summed E-state index contributed by atoms with van der Waals surface area (Å²) in [6.07, 6.45) is 16.1. The number of rotatable bonds is 0. The minimum atomic E-state index is -1.33. The number of nitrogens with one attached hydrogen (secondary N) is 4. The van der Waals surface area contributed by atoms with E-state index >= 15 is 0 Å². The van der Waals surface area contributed by atoms with Gasteiger partial charge in [-0.2, -0.15) is 4.21 Å². The second-order valence-electron chi connectivity index (χ2n) is 12.0. The van der Waals surface area contributed by atoms with Crippen molar-refractivity contribution < 1.29 is 15.4 Å². The number of fused-ring (bicyclic) bond motifs is 16. The van der Waals surface area contributed by atoms with E-state index in [1.54, 1.807) is 0 Å². The molecule has 269 valence electrons. The fraction of sp³-hybridized carbons (Fsp3) is 0. The van der Waals surface area contributed by atoms with Crippen LogP contribution in [0, 0.1) is 0 Å². The molecule has 0 unspecified atom stereocenters. The number of H-pyrrole nitrogens is 4. The Kier molecular flexibility index (Phi) is 11.7. The Balaban J connectivity index is 0.000000146. The number of aromatic amines is 4. The van der Waals surface area contributed by atoms with Crippen molar-refractivity contribution >= 4 is 136 Å². The molecule has 0 spiro atoms. The van der Waals surface area contributed by atoms with Gasteiger partial charge < -0.3 is 19.9 Å². The Labute approximate surface area is 331 Å². The van der Waals surface area contributed by atoms with E-state index < -0.39 is 11.2 Å². The Morgan fingerprint density at radius 2 is 0.500 bits per heavy atom. The Bertz CT molecular complexity index is 2430. The molecule has 10 heterocycles. The van der Waals surface area contributed by atoms with Crippen molar-refractivity contribution in [2.75, 3.05) is 0 Å². The topological polar surface area (TPSA) is 132 Å². The molecule has 9 nitrogen and oxygen atoms in total. The van der Waals surface area contributed by atoms with Crippen LogP contribution in [0.5, 0.6) is 0 Å². The van der Waals surface area contributed by atoms with Gasteiger partial charge in [0.15, 0.2) is 12.5 Å². The van der Waals surface area contributed by atoms with Crippen molar-refractivity contribution in [1.82, 2.24) is 39.9 Å². The molecule has 0 saturated carbocycles. The zero-order chi connectivity index (χ0) is 37.4. The van der Waals surface area contributed by atoms with Gasteiger partial charge in [-0.05, 0) is 146 Å². The summed E-state index contributed by atoms with van der Waals surface area (Å²) >= 11 is 1.50. The van der Waals surface area contributed by atoms with E-state index in [2.05, 4.69) is 113 Å². The van der Waals surface area contributed by atoms with Crippen LogP contribution in [0.15, 0.2) is 97.1 Å². The molecule has 14 heteroatoms. The van der Waals surface area contributed by atoms with Gasteiger partial charge in [0, 0.05) is 44.1 Å². The number of hydrogen-bond donors (Lipinski definition) is 4. The van der Waals surface area contributed by atoms with Gasteiger partial charge in [-0.1, -0.05) is 0 Å². The summed E-state index contributed by atoms with van der Waals surface area (Å²) in [7, 11) is 14.7. The molecular weight excluding hydrogens is 803 g/mol. The standard InChI is InChI=1S/2C20H14N4.3ClH.Fe.OS/c2*1-2-14-10-16-5-6-18(23-16)12-20-8-7-19(24-20)11-17-4-3-15(22-17)9-13(1)21-14;;;;;1-2/h2*1-12,21-22H;3*1H;;/q;;;;;+3;/p-3. The molecule has 10 rings (SSSR count). The fourth-order valence-corrected chi connectivity index (χ4v) is 5.89. The summed E-state index contributed by atoms with van der Waals surface area (Å²) in [5.74, 6) is 0. The number of hydrogen-bond acceptors (Lipinski definition) is 6. The maximum atomic E-state index is 7.83. The van der Waals surface area contributed by atoms with E-state index in [4.69, 9.17) is 34.5 Å². The predicted octanol–water partition coefficient (Wildman–Crippen LogP) is 11.0. The first-order chi connectivity index (χ1) is 26.3. The minimum absolute atomic E-state index is 0.915. The second-order valence-corrected chi connectivity index (χ2v) is 17.4. The van der Waals surface area contributed by atoms with E-state index in [1.165, 1.54) is 0 Å². The average Bonchev–Trinajstić information content (AvgIpc) is 3.98. The van der Waals surface area contributed by atoms with Crippen LogP contribution < -0.4 is 0 Å². The first kappa shape index (κ1) is 36.9. The molecule has 16 bridgehead atoms. The Hall–Kier alpha value is -5.39. The molecule has 6 aromatic heterocycles. The van der Waals surface area contributed by atoms with Gasteiger partial charge in [0.1, 0.15) is 0 Å². The van der Waals surface area contributed by atoms with E-state index in [0.29, 0.717) is 0 Å². The third-order valence-electron chi connectivity index (χ3n) is 8.08. The molecule has 4 aliphatic heterocycles. The van der Waals surface area contributed by atoms with Crippen LogP contribution in [0.1, 0.15) is 45.6 Å². The number of nitrogens with zero attached hydrogens (tertiary/aromatic N) is 4. The molecule has 4 aliphatic rings. The first-order valence-corrected chi connectivity index (χ1v) is 21.2. The van der Waals surface area contributed by atoms with E-state index in [-0.39, 0.29) is 0 Å². The molecule has 0 fully saturated rings. The van der Waals surface area contributed by atoms with Gasteiger partial charge in [0.2, 0.25) is 0 Å². The van der Waals surface area contributed by atoms with Crippen LogP contribution in [-0.4, -0.2) is 44.1 Å². The molecule has 0 aromatic carbocycles. The molecular formula is C40H28Cl3FeN8OS. The third kappa shape index (κ3) is 9.97.